The second kappa shape index (κ2) is 5.73. The first-order chi connectivity index (χ1) is 9.60. The van der Waals surface area contributed by atoms with Crippen LogP contribution in [0, 0.1) is 5.92 Å². The van der Waals surface area contributed by atoms with Crippen LogP contribution in [0.2, 0.25) is 0 Å². The molecule has 7 heteroatoms. The van der Waals surface area contributed by atoms with Gasteiger partial charge in [0.1, 0.15) is 0 Å². The number of hydrogen-bond acceptors (Lipinski definition) is 5. The van der Waals surface area contributed by atoms with Gasteiger partial charge in [0.25, 0.3) is 0 Å². The maximum absolute atomic E-state index is 12.6. The minimum atomic E-state index is -3.40. The van der Waals surface area contributed by atoms with Crippen molar-refractivity contribution in [2.75, 3.05) is 26.7 Å². The van der Waals surface area contributed by atoms with E-state index in [2.05, 4.69) is 14.9 Å². The van der Waals surface area contributed by atoms with Crippen molar-refractivity contribution in [1.82, 2.24) is 14.9 Å². The smallest absolute Gasteiger partial charge is 0.242 e. The highest BCUT2D eigenvalue weighted by molar-refractivity contribution is 7.89. The van der Waals surface area contributed by atoms with Gasteiger partial charge < -0.3 is 10.2 Å². The molecule has 2 N–H and O–H groups in total. The standard InChI is InChI=1S/C13H21N3O2S2/c1-14-8-12-13(4-7-19-12)20(17,18)15-11-9-16-5-2-10(11)3-6-16/h4,7,10-11,14-15H,2-3,5-6,8-9H2,1H3. The molecule has 3 saturated heterocycles. The van der Waals surface area contributed by atoms with Crippen LogP contribution in [0.4, 0.5) is 0 Å². The number of rotatable bonds is 5. The summed E-state index contributed by atoms with van der Waals surface area (Å²) in [6, 6.07) is 1.78. The maximum Gasteiger partial charge on any atom is 0.242 e. The SMILES string of the molecule is CNCc1sccc1S(=O)(=O)NC1CN2CCC1CC2. The van der Waals surface area contributed by atoms with E-state index < -0.39 is 10.0 Å². The lowest BCUT2D eigenvalue weighted by Gasteiger charge is -2.44. The van der Waals surface area contributed by atoms with Crippen LogP contribution in [0.5, 0.6) is 0 Å². The zero-order chi connectivity index (χ0) is 14.2. The summed E-state index contributed by atoms with van der Waals surface area (Å²) in [5.74, 6) is 0.501. The molecule has 3 fully saturated rings. The minimum absolute atomic E-state index is 0.0739. The molecule has 0 saturated carbocycles. The molecule has 0 aliphatic carbocycles. The van der Waals surface area contributed by atoms with Crippen LogP contribution in [-0.2, 0) is 16.6 Å². The number of fused-ring (bicyclic) bond motifs is 3. The number of hydrogen-bond donors (Lipinski definition) is 2. The van der Waals surface area contributed by atoms with Crippen molar-refractivity contribution in [3.05, 3.63) is 16.3 Å². The second-order valence-electron chi connectivity index (χ2n) is 5.60. The van der Waals surface area contributed by atoms with Crippen LogP contribution in [-0.4, -0.2) is 46.0 Å². The Morgan fingerprint density at radius 2 is 2.15 bits per heavy atom. The highest BCUT2D eigenvalue weighted by Crippen LogP contribution is 2.29. The molecule has 1 aromatic rings. The van der Waals surface area contributed by atoms with E-state index >= 15 is 0 Å². The van der Waals surface area contributed by atoms with Crippen molar-refractivity contribution in [2.45, 2.75) is 30.3 Å². The third-order valence-corrected chi connectivity index (χ3v) is 6.92. The van der Waals surface area contributed by atoms with E-state index in [0.29, 0.717) is 17.4 Å². The molecule has 112 valence electrons. The van der Waals surface area contributed by atoms with Crippen LogP contribution in [0.25, 0.3) is 0 Å². The van der Waals surface area contributed by atoms with Crippen molar-refractivity contribution >= 4 is 21.4 Å². The van der Waals surface area contributed by atoms with Gasteiger partial charge in [-0.15, -0.1) is 11.3 Å². The molecule has 1 aromatic heterocycles. The van der Waals surface area contributed by atoms with Crippen LogP contribution >= 0.6 is 11.3 Å². The van der Waals surface area contributed by atoms with Crippen LogP contribution in [0.3, 0.4) is 0 Å². The Bertz CT molecular complexity index is 562. The largest absolute Gasteiger partial charge is 0.315 e. The monoisotopic (exact) mass is 315 g/mol. The molecular formula is C13H21N3O2S2. The summed E-state index contributed by atoms with van der Waals surface area (Å²) in [5.41, 5.74) is 0. The zero-order valence-electron chi connectivity index (χ0n) is 11.6. The van der Waals surface area contributed by atoms with Gasteiger partial charge in [0.05, 0.1) is 4.90 Å². The van der Waals surface area contributed by atoms with Gasteiger partial charge in [-0.25, -0.2) is 13.1 Å². The lowest BCUT2D eigenvalue weighted by Crippen LogP contribution is -2.57. The molecule has 4 rings (SSSR count). The summed E-state index contributed by atoms with van der Waals surface area (Å²) in [6.45, 7) is 3.68. The first-order valence-corrected chi connectivity index (χ1v) is 9.42. The van der Waals surface area contributed by atoms with Crippen molar-refractivity contribution in [2.24, 2.45) is 5.92 Å². The Morgan fingerprint density at radius 3 is 2.75 bits per heavy atom. The summed E-state index contributed by atoms with van der Waals surface area (Å²) in [4.78, 5) is 3.67. The van der Waals surface area contributed by atoms with Gasteiger partial charge in [-0.1, -0.05) is 0 Å². The highest BCUT2D eigenvalue weighted by atomic mass is 32.2. The average molecular weight is 315 g/mol. The number of nitrogens with zero attached hydrogens (tertiary/aromatic N) is 1. The Labute approximate surface area is 124 Å². The number of sulfonamides is 1. The number of thiophene rings is 1. The van der Waals surface area contributed by atoms with E-state index in [0.717, 1.165) is 37.4 Å². The van der Waals surface area contributed by atoms with E-state index in [-0.39, 0.29) is 6.04 Å². The molecule has 1 unspecified atom stereocenters. The maximum atomic E-state index is 12.6. The molecule has 20 heavy (non-hydrogen) atoms. The molecule has 1 atom stereocenters. The molecule has 0 spiro atoms. The van der Waals surface area contributed by atoms with Gasteiger partial charge in [0.15, 0.2) is 0 Å². The summed E-state index contributed by atoms with van der Waals surface area (Å²) in [7, 11) is -1.57. The summed E-state index contributed by atoms with van der Waals surface area (Å²) < 4.78 is 28.1. The van der Waals surface area contributed by atoms with Gasteiger partial charge in [-0.05, 0) is 50.3 Å². The van der Waals surface area contributed by atoms with Crippen molar-refractivity contribution in [3.8, 4) is 0 Å². The number of nitrogens with one attached hydrogen (secondary N) is 2. The van der Waals surface area contributed by atoms with Gasteiger partial charge in [-0.3, -0.25) is 0 Å². The third kappa shape index (κ3) is 2.78. The van der Waals surface area contributed by atoms with Crippen molar-refractivity contribution < 1.29 is 8.42 Å². The normalized spacial score (nSPS) is 29.8. The summed E-state index contributed by atoms with van der Waals surface area (Å²) in [5, 5.41) is 4.87. The molecule has 0 aromatic carbocycles. The first-order valence-electron chi connectivity index (χ1n) is 7.06. The fourth-order valence-electron chi connectivity index (χ4n) is 3.22. The molecule has 3 aliphatic rings. The van der Waals surface area contributed by atoms with Gasteiger partial charge in [0, 0.05) is 24.0 Å². The zero-order valence-corrected chi connectivity index (χ0v) is 13.3. The predicted octanol–water partition coefficient (Wildman–Crippen LogP) is 0.840. The van der Waals surface area contributed by atoms with E-state index in [9.17, 15) is 8.42 Å². The fraction of sp³-hybridized carbons (Fsp3) is 0.692. The highest BCUT2D eigenvalue weighted by Gasteiger charge is 2.36. The quantitative estimate of drug-likeness (QED) is 0.845. The van der Waals surface area contributed by atoms with Crippen LogP contribution < -0.4 is 10.0 Å². The Hall–Kier alpha value is -0.470. The molecule has 5 nitrogen and oxygen atoms in total. The molecule has 4 heterocycles. The van der Waals surface area contributed by atoms with Crippen LogP contribution in [0.1, 0.15) is 17.7 Å². The van der Waals surface area contributed by atoms with E-state index in [1.165, 1.54) is 11.3 Å². The van der Waals surface area contributed by atoms with Gasteiger partial charge in [0.2, 0.25) is 10.0 Å². The first kappa shape index (κ1) is 14.5. The average Bonchev–Trinajstić information content (AvgIpc) is 2.89. The Kier molecular flexibility index (Phi) is 4.14. The minimum Gasteiger partial charge on any atom is -0.315 e. The van der Waals surface area contributed by atoms with Crippen molar-refractivity contribution in [3.63, 3.8) is 0 Å². The van der Waals surface area contributed by atoms with Crippen molar-refractivity contribution in [1.29, 1.82) is 0 Å². The topological polar surface area (TPSA) is 61.4 Å². The third-order valence-electron chi connectivity index (χ3n) is 4.29. The Morgan fingerprint density at radius 1 is 1.40 bits per heavy atom. The summed E-state index contributed by atoms with van der Waals surface area (Å²) in [6.07, 6.45) is 2.22. The summed E-state index contributed by atoms with van der Waals surface area (Å²) >= 11 is 1.49. The van der Waals surface area contributed by atoms with E-state index in [4.69, 9.17) is 0 Å². The molecule has 2 bridgehead atoms. The van der Waals surface area contributed by atoms with E-state index in [1.807, 2.05) is 12.4 Å². The van der Waals surface area contributed by atoms with Gasteiger partial charge in [-0.2, -0.15) is 0 Å². The molecule has 3 aliphatic heterocycles. The fourth-order valence-corrected chi connectivity index (χ4v) is 5.97. The van der Waals surface area contributed by atoms with Crippen LogP contribution in [0.15, 0.2) is 16.3 Å². The lowest BCUT2D eigenvalue weighted by atomic mass is 9.85. The van der Waals surface area contributed by atoms with E-state index in [1.54, 1.807) is 6.07 Å². The van der Waals surface area contributed by atoms with Gasteiger partial charge >= 0.3 is 0 Å². The number of piperidine rings is 3. The Balaban J connectivity index is 1.77. The second-order valence-corrected chi connectivity index (χ2v) is 8.29. The molecular weight excluding hydrogens is 294 g/mol. The predicted molar refractivity (Wildman–Crippen MR) is 80.4 cm³/mol. The lowest BCUT2D eigenvalue weighted by molar-refractivity contribution is 0.0827. The molecule has 0 radical (unpaired) electrons. The molecule has 0 amide bonds.